The van der Waals surface area contributed by atoms with Crippen molar-refractivity contribution < 1.29 is 36.7 Å². The van der Waals surface area contributed by atoms with Crippen LogP contribution in [0.15, 0.2) is 33.6 Å². The van der Waals surface area contributed by atoms with Gasteiger partial charge in [-0.3, -0.25) is 19.7 Å². The summed E-state index contributed by atoms with van der Waals surface area (Å²) in [4.78, 5) is 49.0. The second-order valence-electron chi connectivity index (χ2n) is 6.38. The molecule has 0 aliphatic carbocycles. The molecule has 30 heavy (non-hydrogen) atoms. The van der Waals surface area contributed by atoms with E-state index in [-0.39, 0.29) is 39.8 Å². The number of fused-ring (bicyclic) bond motifs is 1. The minimum atomic E-state index is -4.19. The lowest BCUT2D eigenvalue weighted by Gasteiger charge is -2.14. The van der Waals surface area contributed by atoms with Gasteiger partial charge in [0.15, 0.2) is 5.78 Å². The fraction of sp³-hybridized carbons (Fsp3) is 0.263. The molecule has 1 aromatic carbocycles. The standard InChI is InChI=1S/C19H18N2O8S/c1-4-28-19(25)16-15(10(2)22)11(3)29-17(16)20-14(23)9-21-18(24)12-7-5-6-8-13(12)30(21,26)27/h5-8H,4,9H2,1-3H3,(H,20,23). The number of anilines is 1. The Balaban J connectivity index is 1.89. The molecule has 2 amide bonds. The largest absolute Gasteiger partial charge is 0.462 e. The number of sulfonamides is 1. The Morgan fingerprint density at radius 3 is 2.43 bits per heavy atom. The Kier molecular flexibility index (Phi) is 5.49. The van der Waals surface area contributed by atoms with Crippen molar-refractivity contribution in [2.45, 2.75) is 25.7 Å². The van der Waals surface area contributed by atoms with Crippen LogP contribution < -0.4 is 5.32 Å². The first kappa shape index (κ1) is 21.2. The molecule has 1 N–H and O–H groups in total. The van der Waals surface area contributed by atoms with Gasteiger partial charge in [-0.1, -0.05) is 12.1 Å². The van der Waals surface area contributed by atoms with E-state index in [0.29, 0.717) is 4.31 Å². The van der Waals surface area contributed by atoms with Gasteiger partial charge in [0.1, 0.15) is 22.8 Å². The first-order valence-corrected chi connectivity index (χ1v) is 10.3. The lowest BCUT2D eigenvalue weighted by atomic mass is 10.1. The minimum absolute atomic E-state index is 0.0204. The zero-order valence-electron chi connectivity index (χ0n) is 16.3. The van der Waals surface area contributed by atoms with E-state index in [2.05, 4.69) is 5.32 Å². The van der Waals surface area contributed by atoms with E-state index in [1.165, 1.54) is 38.1 Å². The molecule has 1 aromatic heterocycles. The molecule has 0 bridgehead atoms. The number of hydrogen-bond donors (Lipinski definition) is 1. The number of esters is 1. The summed E-state index contributed by atoms with van der Waals surface area (Å²) in [6, 6.07) is 5.60. The predicted molar refractivity (Wildman–Crippen MR) is 103 cm³/mol. The summed E-state index contributed by atoms with van der Waals surface area (Å²) in [5, 5.41) is 2.26. The number of carbonyl (C=O) groups excluding carboxylic acids is 4. The Bertz CT molecular complexity index is 1180. The topological polar surface area (TPSA) is 140 Å². The van der Waals surface area contributed by atoms with E-state index in [9.17, 15) is 27.6 Å². The van der Waals surface area contributed by atoms with Crippen molar-refractivity contribution in [2.24, 2.45) is 0 Å². The van der Waals surface area contributed by atoms with Crippen molar-refractivity contribution in [3.63, 3.8) is 0 Å². The summed E-state index contributed by atoms with van der Waals surface area (Å²) < 4.78 is 35.8. The molecule has 0 radical (unpaired) electrons. The van der Waals surface area contributed by atoms with Gasteiger partial charge < -0.3 is 9.15 Å². The van der Waals surface area contributed by atoms with Gasteiger partial charge in [0.05, 0.1) is 17.7 Å². The number of benzene rings is 1. The van der Waals surface area contributed by atoms with Crippen LogP contribution in [-0.2, 0) is 19.6 Å². The molecule has 3 rings (SSSR count). The number of ketones is 1. The van der Waals surface area contributed by atoms with Crippen LogP contribution in [-0.4, -0.2) is 49.4 Å². The maximum absolute atomic E-state index is 12.6. The number of furan rings is 1. The molecule has 0 saturated heterocycles. The van der Waals surface area contributed by atoms with Crippen LogP contribution in [0.2, 0.25) is 0 Å². The van der Waals surface area contributed by atoms with Crippen molar-refractivity contribution >= 4 is 39.5 Å². The van der Waals surface area contributed by atoms with Crippen molar-refractivity contribution in [2.75, 3.05) is 18.5 Å². The minimum Gasteiger partial charge on any atom is -0.462 e. The number of rotatable bonds is 6. The Morgan fingerprint density at radius 1 is 1.17 bits per heavy atom. The van der Waals surface area contributed by atoms with Gasteiger partial charge in [-0.15, -0.1) is 0 Å². The van der Waals surface area contributed by atoms with Gasteiger partial charge in [-0.2, -0.15) is 0 Å². The zero-order valence-corrected chi connectivity index (χ0v) is 17.2. The zero-order chi connectivity index (χ0) is 22.2. The fourth-order valence-corrected chi connectivity index (χ4v) is 4.66. The van der Waals surface area contributed by atoms with E-state index in [4.69, 9.17) is 9.15 Å². The van der Waals surface area contributed by atoms with Crippen LogP contribution >= 0.6 is 0 Å². The molecule has 0 saturated carbocycles. The van der Waals surface area contributed by atoms with Gasteiger partial charge in [0.2, 0.25) is 11.8 Å². The van der Waals surface area contributed by atoms with Crippen molar-refractivity contribution in [1.82, 2.24) is 4.31 Å². The molecular weight excluding hydrogens is 416 g/mol. The van der Waals surface area contributed by atoms with E-state index < -0.39 is 40.1 Å². The first-order valence-electron chi connectivity index (χ1n) is 8.87. The molecule has 10 nitrogen and oxygen atoms in total. The fourth-order valence-electron chi connectivity index (χ4n) is 3.14. The maximum Gasteiger partial charge on any atom is 0.344 e. The molecule has 158 valence electrons. The van der Waals surface area contributed by atoms with Crippen LogP contribution in [0.3, 0.4) is 0 Å². The summed E-state index contributed by atoms with van der Waals surface area (Å²) >= 11 is 0. The predicted octanol–water partition coefficient (Wildman–Crippen LogP) is 1.75. The van der Waals surface area contributed by atoms with Crippen molar-refractivity contribution in [3.8, 4) is 0 Å². The molecule has 0 atom stereocenters. The monoisotopic (exact) mass is 434 g/mol. The van der Waals surface area contributed by atoms with E-state index in [1.54, 1.807) is 6.92 Å². The summed E-state index contributed by atoms with van der Waals surface area (Å²) in [5.41, 5.74) is -0.361. The second kappa shape index (κ2) is 7.75. The molecule has 1 aliphatic rings. The Hall–Kier alpha value is -3.47. The second-order valence-corrected chi connectivity index (χ2v) is 8.21. The first-order chi connectivity index (χ1) is 14.1. The quantitative estimate of drug-likeness (QED) is 0.536. The third kappa shape index (κ3) is 3.47. The van der Waals surface area contributed by atoms with Crippen molar-refractivity contribution in [1.29, 1.82) is 0 Å². The SMILES string of the molecule is CCOC(=O)c1c(NC(=O)CN2C(=O)c3ccccc3S2(=O)=O)oc(C)c1C(C)=O. The maximum atomic E-state index is 12.6. The number of nitrogens with one attached hydrogen (secondary N) is 1. The molecule has 0 unspecified atom stereocenters. The third-order valence-electron chi connectivity index (χ3n) is 4.37. The van der Waals surface area contributed by atoms with Gasteiger partial charge in [-0.25, -0.2) is 17.5 Å². The van der Waals surface area contributed by atoms with Gasteiger partial charge >= 0.3 is 5.97 Å². The summed E-state index contributed by atoms with van der Waals surface area (Å²) in [7, 11) is -4.19. The smallest absolute Gasteiger partial charge is 0.344 e. The summed E-state index contributed by atoms with van der Waals surface area (Å²) in [6.07, 6.45) is 0. The molecule has 0 fully saturated rings. The normalized spacial score (nSPS) is 14.4. The Morgan fingerprint density at radius 2 is 1.83 bits per heavy atom. The van der Waals surface area contributed by atoms with Crippen molar-refractivity contribution in [3.05, 3.63) is 46.7 Å². The van der Waals surface area contributed by atoms with Gasteiger partial charge in [0.25, 0.3) is 15.9 Å². The number of nitrogens with zero attached hydrogens (tertiary/aromatic N) is 1. The van der Waals surface area contributed by atoms with E-state index in [0.717, 1.165) is 0 Å². The highest BCUT2D eigenvalue weighted by Gasteiger charge is 2.42. The average Bonchev–Trinajstić information content (AvgIpc) is 3.09. The molecule has 2 aromatic rings. The molecule has 11 heteroatoms. The number of ether oxygens (including phenoxy) is 1. The highest BCUT2D eigenvalue weighted by atomic mass is 32.2. The van der Waals surface area contributed by atoms with Gasteiger partial charge in [-0.05, 0) is 32.9 Å². The number of hydrogen-bond acceptors (Lipinski definition) is 8. The molecule has 0 spiro atoms. The lowest BCUT2D eigenvalue weighted by Crippen LogP contribution is -2.37. The molecular formula is C19H18N2O8S. The van der Waals surface area contributed by atoms with E-state index >= 15 is 0 Å². The van der Waals surface area contributed by atoms with Crippen LogP contribution in [0.4, 0.5) is 5.88 Å². The third-order valence-corrected chi connectivity index (χ3v) is 6.16. The lowest BCUT2D eigenvalue weighted by molar-refractivity contribution is -0.116. The number of carbonyl (C=O) groups is 4. The van der Waals surface area contributed by atoms with Crippen LogP contribution in [0.25, 0.3) is 0 Å². The summed E-state index contributed by atoms with van der Waals surface area (Å²) in [5.74, 6) is -3.42. The average molecular weight is 434 g/mol. The number of aryl methyl sites for hydroxylation is 1. The van der Waals surface area contributed by atoms with E-state index in [1.807, 2.05) is 0 Å². The molecule has 2 heterocycles. The van der Waals surface area contributed by atoms with Gasteiger partial charge in [0, 0.05) is 0 Å². The van der Waals surface area contributed by atoms with Crippen LogP contribution in [0.5, 0.6) is 0 Å². The van der Waals surface area contributed by atoms with Crippen LogP contribution in [0, 0.1) is 6.92 Å². The summed E-state index contributed by atoms with van der Waals surface area (Å²) in [6.45, 7) is 3.40. The highest BCUT2D eigenvalue weighted by molar-refractivity contribution is 7.90. The Labute approximate surface area is 171 Å². The van der Waals surface area contributed by atoms with Crippen LogP contribution in [0.1, 0.15) is 50.7 Å². The highest BCUT2D eigenvalue weighted by Crippen LogP contribution is 2.31. The number of amides is 2. The molecule has 1 aliphatic heterocycles. The number of Topliss-reactive ketones (excluding diaryl/α,β-unsaturated/α-hetero) is 1.